The monoisotopic (exact) mass is 644 g/mol. The molecule has 2 aliphatic heterocycles. The van der Waals surface area contributed by atoms with E-state index in [1.165, 1.54) is 25.9 Å². The van der Waals surface area contributed by atoms with Crippen molar-refractivity contribution in [2.24, 2.45) is 23.2 Å². The van der Waals surface area contributed by atoms with Crippen LogP contribution in [-0.4, -0.2) is 70.6 Å². The number of amides is 2. The van der Waals surface area contributed by atoms with Gasteiger partial charge in [0.25, 0.3) is 5.92 Å². The Hall–Kier alpha value is -3.57. The number of nitrogens with zero attached hydrogens (tertiary/aromatic N) is 3. The van der Waals surface area contributed by atoms with E-state index in [0.717, 1.165) is 12.8 Å². The van der Waals surface area contributed by atoms with E-state index in [4.69, 9.17) is 14.2 Å². The summed E-state index contributed by atoms with van der Waals surface area (Å²) in [6, 6.07) is 2.90. The summed E-state index contributed by atoms with van der Waals surface area (Å²) in [7, 11) is 1.50. The molecule has 5 rings (SSSR count). The Morgan fingerprint density at radius 2 is 1.72 bits per heavy atom. The van der Waals surface area contributed by atoms with Gasteiger partial charge in [-0.2, -0.15) is 8.78 Å². The largest absolute Gasteiger partial charge is 0.497 e. The van der Waals surface area contributed by atoms with Crippen LogP contribution in [-0.2, 0) is 20.2 Å². The second-order valence-corrected chi connectivity index (χ2v) is 14.3. The summed E-state index contributed by atoms with van der Waals surface area (Å²) in [5.41, 5.74) is -0.723. The molecule has 1 aliphatic carbocycles. The van der Waals surface area contributed by atoms with Gasteiger partial charge in [-0.1, -0.05) is 41.0 Å². The number of carbonyl (C=O) groups excluding carboxylic acids is 3. The van der Waals surface area contributed by atoms with Crippen molar-refractivity contribution in [2.45, 2.75) is 110 Å². The highest BCUT2D eigenvalue weighted by molar-refractivity contribution is 5.92. The van der Waals surface area contributed by atoms with Gasteiger partial charge in [-0.15, -0.1) is 0 Å². The highest BCUT2D eigenvalue weighted by atomic mass is 19.3. The Labute approximate surface area is 268 Å². The lowest BCUT2D eigenvalue weighted by Gasteiger charge is -2.35. The smallest absolute Gasteiger partial charge is 0.408 e. The third kappa shape index (κ3) is 6.62. The number of rotatable bonds is 2. The second kappa shape index (κ2) is 12.9. The molecule has 1 N–H and O–H groups in total. The van der Waals surface area contributed by atoms with Crippen LogP contribution in [0.4, 0.5) is 13.6 Å². The fraction of sp³-hybridized carbons (Fsp3) is 0.676. The van der Waals surface area contributed by atoms with Gasteiger partial charge >= 0.3 is 6.09 Å². The predicted molar refractivity (Wildman–Crippen MR) is 167 cm³/mol. The van der Waals surface area contributed by atoms with Crippen LogP contribution in [0.1, 0.15) is 85.8 Å². The Bertz CT molecular complexity index is 1480. The highest BCUT2D eigenvalue weighted by Gasteiger charge is 2.50. The lowest BCUT2D eigenvalue weighted by molar-refractivity contribution is -0.141. The lowest BCUT2D eigenvalue weighted by atomic mass is 9.85. The number of alkyl carbamates (subject to hydrolysis) is 1. The van der Waals surface area contributed by atoms with Gasteiger partial charge in [0.15, 0.2) is 11.5 Å². The number of alkyl halides is 2. The Morgan fingerprint density at radius 1 is 1.02 bits per heavy atom. The van der Waals surface area contributed by atoms with Crippen LogP contribution in [0, 0.1) is 23.2 Å². The van der Waals surface area contributed by atoms with Crippen LogP contribution in [0.5, 0.6) is 11.6 Å². The van der Waals surface area contributed by atoms with Crippen LogP contribution < -0.4 is 14.8 Å². The van der Waals surface area contributed by atoms with E-state index in [9.17, 15) is 14.4 Å². The number of carbonyl (C=O) groups is 3. The van der Waals surface area contributed by atoms with Gasteiger partial charge in [0.1, 0.15) is 24.0 Å². The van der Waals surface area contributed by atoms with Gasteiger partial charge in [-0.25, -0.2) is 14.8 Å². The van der Waals surface area contributed by atoms with E-state index in [1.807, 2.05) is 20.8 Å². The van der Waals surface area contributed by atoms with Crippen LogP contribution in [0.3, 0.4) is 0 Å². The maximum atomic E-state index is 16.4. The molecular formula is C34H46F2N4O6. The van der Waals surface area contributed by atoms with Crippen molar-refractivity contribution in [1.82, 2.24) is 20.2 Å². The number of benzene rings is 1. The number of hydrogen-bond donors (Lipinski definition) is 1. The van der Waals surface area contributed by atoms with Crippen LogP contribution in [0.25, 0.3) is 11.0 Å². The Kier molecular flexibility index (Phi) is 9.48. The van der Waals surface area contributed by atoms with Gasteiger partial charge in [0.2, 0.25) is 11.8 Å². The van der Waals surface area contributed by atoms with E-state index < -0.39 is 59.1 Å². The molecule has 2 amide bonds. The molecular weight excluding hydrogens is 598 g/mol. The SMILES string of the molecule is COc1ccc2nc3c(nc2c1)O[C@H]1CN(C(=O)[C@H](C(C)(C)C)NC(=O)O[C@@H]2CCC[C@H]2CCCC(C)C3(F)F)[C@H](C(C)=O)[C@@H]1C. The molecule has 3 aliphatic rings. The van der Waals surface area contributed by atoms with Gasteiger partial charge < -0.3 is 24.4 Å². The zero-order valence-electron chi connectivity index (χ0n) is 27.8. The summed E-state index contributed by atoms with van der Waals surface area (Å²) < 4.78 is 50.3. The molecule has 7 atom stereocenters. The summed E-state index contributed by atoms with van der Waals surface area (Å²) in [4.78, 5) is 50.8. The molecule has 252 valence electrons. The first-order valence-corrected chi connectivity index (χ1v) is 16.3. The summed E-state index contributed by atoms with van der Waals surface area (Å²) in [5, 5.41) is 2.81. The number of halogens is 2. The molecule has 1 unspecified atom stereocenters. The topological polar surface area (TPSA) is 120 Å². The van der Waals surface area contributed by atoms with E-state index in [0.29, 0.717) is 30.5 Å². The predicted octanol–water partition coefficient (Wildman–Crippen LogP) is 6.04. The Morgan fingerprint density at radius 3 is 2.37 bits per heavy atom. The van der Waals surface area contributed by atoms with Crippen molar-refractivity contribution >= 4 is 28.8 Å². The average molecular weight is 645 g/mol. The second-order valence-electron chi connectivity index (χ2n) is 14.3. The average Bonchev–Trinajstić information content (AvgIpc) is 3.56. The van der Waals surface area contributed by atoms with Crippen molar-refractivity contribution < 1.29 is 37.4 Å². The van der Waals surface area contributed by atoms with E-state index in [1.54, 1.807) is 25.1 Å². The first-order valence-electron chi connectivity index (χ1n) is 16.3. The third-order valence-corrected chi connectivity index (χ3v) is 9.97. The maximum Gasteiger partial charge on any atom is 0.408 e. The number of aromatic nitrogens is 2. The van der Waals surface area contributed by atoms with Gasteiger partial charge in [0, 0.05) is 17.9 Å². The van der Waals surface area contributed by atoms with Crippen LogP contribution in [0.15, 0.2) is 18.2 Å². The van der Waals surface area contributed by atoms with Crippen LogP contribution in [0.2, 0.25) is 0 Å². The molecule has 1 aromatic carbocycles. The minimum Gasteiger partial charge on any atom is -0.497 e. The summed E-state index contributed by atoms with van der Waals surface area (Å²) >= 11 is 0. The van der Waals surface area contributed by atoms with Crippen molar-refractivity contribution in [1.29, 1.82) is 0 Å². The van der Waals surface area contributed by atoms with E-state index >= 15 is 8.78 Å². The number of methoxy groups -OCH3 is 1. The Balaban J connectivity index is 1.61. The maximum absolute atomic E-state index is 16.4. The molecule has 46 heavy (non-hydrogen) atoms. The summed E-state index contributed by atoms with van der Waals surface area (Å²) in [5.74, 6) is -5.65. The normalized spacial score (nSPS) is 30.7. The van der Waals surface area contributed by atoms with Gasteiger partial charge in [0.05, 0.1) is 30.7 Å². The zero-order chi connectivity index (χ0) is 33.6. The molecule has 3 heterocycles. The minimum absolute atomic E-state index is 0.0332. The highest BCUT2D eigenvalue weighted by Crippen LogP contribution is 2.44. The van der Waals surface area contributed by atoms with Crippen molar-refractivity contribution in [3.8, 4) is 11.6 Å². The summed E-state index contributed by atoms with van der Waals surface area (Å²) in [6.07, 6.45) is 1.79. The lowest BCUT2D eigenvalue weighted by Crippen LogP contribution is -2.57. The molecule has 0 radical (unpaired) electrons. The molecule has 1 saturated carbocycles. The molecule has 1 aromatic heterocycles. The number of fused-ring (bicyclic) bond motifs is 5. The van der Waals surface area contributed by atoms with Gasteiger partial charge in [-0.05, 0) is 62.5 Å². The van der Waals surface area contributed by atoms with E-state index in [2.05, 4.69) is 15.3 Å². The number of hydrogen-bond acceptors (Lipinski definition) is 8. The molecule has 1 saturated heterocycles. The molecule has 2 fully saturated rings. The fourth-order valence-corrected chi connectivity index (χ4v) is 7.20. The molecule has 2 aromatic rings. The van der Waals surface area contributed by atoms with Crippen molar-refractivity contribution in [3.05, 3.63) is 23.9 Å². The van der Waals surface area contributed by atoms with Crippen LogP contribution >= 0.6 is 0 Å². The molecule has 12 heteroatoms. The quantitative estimate of drug-likeness (QED) is 0.420. The standard InChI is InChI=1S/C34H46F2N4O6/c1-18-10-8-11-21-12-9-13-25(21)46-32(43)39-29(33(4,5)6)31(42)40-17-26(19(2)27(40)20(3)41)45-30-28(34(18,35)36)37-23-15-14-22(44-7)16-24(23)38-30/h14-16,18-19,21,25-27,29H,8-13,17H2,1-7H3,(H,39,43)/t18?,19-,21-,25-,26+,27+,29-/m1/s1. The number of nitrogens with one attached hydrogen (secondary N) is 1. The molecule has 2 bridgehead atoms. The first kappa shape index (κ1) is 33.8. The molecule has 10 nitrogen and oxygen atoms in total. The van der Waals surface area contributed by atoms with Crippen molar-refractivity contribution in [2.75, 3.05) is 13.7 Å². The van der Waals surface area contributed by atoms with Gasteiger partial charge in [-0.3, -0.25) is 9.59 Å². The third-order valence-electron chi connectivity index (χ3n) is 9.97. The fourth-order valence-electron chi connectivity index (χ4n) is 7.20. The molecule has 0 spiro atoms. The van der Waals surface area contributed by atoms with Crippen molar-refractivity contribution in [3.63, 3.8) is 0 Å². The first-order chi connectivity index (χ1) is 21.6. The van der Waals surface area contributed by atoms with E-state index in [-0.39, 0.29) is 42.2 Å². The number of ether oxygens (including phenoxy) is 3. The minimum atomic E-state index is -3.40. The number of Topliss-reactive ketones (excluding diaryl/α,β-unsaturated/α-hetero) is 1. The summed E-state index contributed by atoms with van der Waals surface area (Å²) in [6.45, 7) is 10.0. The number of ketones is 1. The zero-order valence-corrected chi connectivity index (χ0v) is 27.8.